The Hall–Kier alpha value is -0.770. The molecule has 1 saturated carbocycles. The first-order valence-electron chi connectivity index (χ1n) is 9.20. The SMILES string of the molecule is CC(CNC(=O)OC(C)(C)C)NC1CCCC(C(C)(C)C)CC1. The molecule has 3 atom stereocenters. The zero-order valence-corrected chi connectivity index (χ0v) is 16.3. The van der Waals surface area contributed by atoms with Crippen molar-refractivity contribution in [3.63, 3.8) is 0 Å². The highest BCUT2D eigenvalue weighted by atomic mass is 16.6. The molecule has 0 aliphatic heterocycles. The smallest absolute Gasteiger partial charge is 0.407 e. The fraction of sp³-hybridized carbons (Fsp3) is 0.947. The van der Waals surface area contributed by atoms with Gasteiger partial charge in [0.25, 0.3) is 0 Å². The lowest BCUT2D eigenvalue weighted by Crippen LogP contribution is -2.44. The molecule has 3 unspecified atom stereocenters. The highest BCUT2D eigenvalue weighted by Gasteiger charge is 2.28. The second kappa shape index (κ2) is 8.36. The molecule has 0 radical (unpaired) electrons. The maximum atomic E-state index is 11.7. The molecule has 0 heterocycles. The van der Waals surface area contributed by atoms with Crippen LogP contribution in [0.15, 0.2) is 0 Å². The van der Waals surface area contributed by atoms with Gasteiger partial charge in [-0.3, -0.25) is 0 Å². The number of rotatable bonds is 4. The number of alkyl carbamates (subject to hydrolysis) is 1. The number of ether oxygens (including phenoxy) is 1. The minimum Gasteiger partial charge on any atom is -0.444 e. The van der Waals surface area contributed by atoms with Gasteiger partial charge >= 0.3 is 6.09 Å². The summed E-state index contributed by atoms with van der Waals surface area (Å²) in [5.74, 6) is 0.824. The monoisotopic (exact) mass is 326 g/mol. The fourth-order valence-corrected chi connectivity index (χ4v) is 3.35. The van der Waals surface area contributed by atoms with Crippen molar-refractivity contribution < 1.29 is 9.53 Å². The first kappa shape index (κ1) is 20.3. The third-order valence-corrected chi connectivity index (χ3v) is 4.67. The van der Waals surface area contributed by atoms with E-state index in [2.05, 4.69) is 38.3 Å². The molecule has 1 aliphatic carbocycles. The standard InChI is InChI=1S/C19H38N2O2/c1-14(13-20-17(22)23-19(5,6)7)21-16-10-8-9-15(11-12-16)18(2,3)4/h14-16,21H,8-13H2,1-7H3,(H,20,22). The molecule has 1 aliphatic rings. The summed E-state index contributed by atoms with van der Waals surface area (Å²) >= 11 is 0. The number of hydrogen-bond donors (Lipinski definition) is 2. The zero-order chi connectivity index (χ0) is 17.7. The van der Waals surface area contributed by atoms with Crippen LogP contribution in [0.5, 0.6) is 0 Å². The summed E-state index contributed by atoms with van der Waals surface area (Å²) in [6, 6.07) is 0.830. The van der Waals surface area contributed by atoms with E-state index >= 15 is 0 Å². The van der Waals surface area contributed by atoms with Crippen molar-refractivity contribution in [3.05, 3.63) is 0 Å². The Kier molecular flexibility index (Phi) is 7.37. The van der Waals surface area contributed by atoms with Gasteiger partial charge in [0.05, 0.1) is 0 Å². The summed E-state index contributed by atoms with van der Waals surface area (Å²) in [6.07, 6.45) is 6.08. The van der Waals surface area contributed by atoms with Crippen LogP contribution >= 0.6 is 0 Å². The molecule has 0 saturated heterocycles. The van der Waals surface area contributed by atoms with Crippen LogP contribution in [0.2, 0.25) is 0 Å². The van der Waals surface area contributed by atoms with Gasteiger partial charge < -0.3 is 15.4 Å². The highest BCUT2D eigenvalue weighted by molar-refractivity contribution is 5.67. The molecule has 1 fully saturated rings. The van der Waals surface area contributed by atoms with E-state index in [1.807, 2.05) is 20.8 Å². The van der Waals surface area contributed by atoms with Crippen molar-refractivity contribution >= 4 is 6.09 Å². The number of nitrogens with one attached hydrogen (secondary N) is 2. The van der Waals surface area contributed by atoms with Crippen LogP contribution in [0, 0.1) is 11.3 Å². The lowest BCUT2D eigenvalue weighted by atomic mass is 9.76. The third kappa shape index (κ3) is 8.59. The van der Waals surface area contributed by atoms with E-state index in [0.717, 1.165) is 5.92 Å². The topological polar surface area (TPSA) is 50.4 Å². The minimum atomic E-state index is -0.440. The van der Waals surface area contributed by atoms with Crippen LogP contribution in [-0.2, 0) is 4.74 Å². The predicted octanol–water partition coefficient (Wildman–Crippen LogP) is 4.48. The van der Waals surface area contributed by atoms with Gasteiger partial charge in [0, 0.05) is 18.6 Å². The summed E-state index contributed by atoms with van der Waals surface area (Å²) in [4.78, 5) is 11.7. The van der Waals surface area contributed by atoms with Gasteiger partial charge in [-0.2, -0.15) is 0 Å². The van der Waals surface area contributed by atoms with E-state index in [0.29, 0.717) is 18.0 Å². The first-order chi connectivity index (χ1) is 10.5. The average molecular weight is 327 g/mol. The summed E-state index contributed by atoms with van der Waals surface area (Å²) in [6.45, 7) is 15.5. The van der Waals surface area contributed by atoms with Gasteiger partial charge in [0.15, 0.2) is 0 Å². The third-order valence-electron chi connectivity index (χ3n) is 4.67. The molecule has 0 aromatic rings. The largest absolute Gasteiger partial charge is 0.444 e. The molecule has 0 aromatic heterocycles. The van der Waals surface area contributed by atoms with Crippen LogP contribution in [0.4, 0.5) is 4.79 Å². The molecule has 0 spiro atoms. The maximum Gasteiger partial charge on any atom is 0.407 e. The van der Waals surface area contributed by atoms with Crippen molar-refractivity contribution in [1.29, 1.82) is 0 Å². The van der Waals surface area contributed by atoms with Crippen molar-refractivity contribution in [2.75, 3.05) is 6.54 Å². The molecule has 1 rings (SSSR count). The van der Waals surface area contributed by atoms with E-state index < -0.39 is 5.60 Å². The van der Waals surface area contributed by atoms with Gasteiger partial charge in [0.2, 0.25) is 0 Å². The summed E-state index contributed by atoms with van der Waals surface area (Å²) in [5, 5.41) is 6.53. The Labute approximate surface area is 143 Å². The van der Waals surface area contributed by atoms with Crippen molar-refractivity contribution in [2.45, 2.75) is 98.3 Å². The number of carbonyl (C=O) groups is 1. The Balaban J connectivity index is 2.32. The molecule has 4 heteroatoms. The Bertz CT molecular complexity index is 369. The molecule has 0 bridgehead atoms. The molecule has 4 nitrogen and oxygen atoms in total. The quantitative estimate of drug-likeness (QED) is 0.749. The van der Waals surface area contributed by atoms with Crippen LogP contribution in [-0.4, -0.2) is 30.3 Å². The van der Waals surface area contributed by atoms with Gasteiger partial charge in [-0.25, -0.2) is 4.79 Å². The Morgan fingerprint density at radius 1 is 1.09 bits per heavy atom. The van der Waals surface area contributed by atoms with E-state index in [1.54, 1.807) is 0 Å². The number of amides is 1. The van der Waals surface area contributed by atoms with Crippen LogP contribution < -0.4 is 10.6 Å². The molecular weight excluding hydrogens is 288 g/mol. The summed E-state index contributed by atoms with van der Waals surface area (Å²) in [5.41, 5.74) is -0.0250. The van der Waals surface area contributed by atoms with Crippen LogP contribution in [0.1, 0.15) is 80.6 Å². The van der Waals surface area contributed by atoms with Crippen molar-refractivity contribution in [3.8, 4) is 0 Å². The summed E-state index contributed by atoms with van der Waals surface area (Å²) in [7, 11) is 0. The summed E-state index contributed by atoms with van der Waals surface area (Å²) < 4.78 is 5.27. The molecule has 2 N–H and O–H groups in total. The normalized spacial score (nSPS) is 24.7. The minimum absolute atomic E-state index is 0.263. The Morgan fingerprint density at radius 3 is 2.30 bits per heavy atom. The van der Waals surface area contributed by atoms with E-state index in [-0.39, 0.29) is 12.1 Å². The number of carbonyl (C=O) groups excluding carboxylic acids is 1. The van der Waals surface area contributed by atoms with Gasteiger partial charge in [-0.1, -0.05) is 27.2 Å². The van der Waals surface area contributed by atoms with Crippen LogP contribution in [0.25, 0.3) is 0 Å². The Morgan fingerprint density at radius 2 is 1.74 bits per heavy atom. The maximum absolute atomic E-state index is 11.7. The molecule has 136 valence electrons. The fourth-order valence-electron chi connectivity index (χ4n) is 3.35. The van der Waals surface area contributed by atoms with Gasteiger partial charge in [-0.05, 0) is 64.7 Å². The van der Waals surface area contributed by atoms with E-state index in [4.69, 9.17) is 4.74 Å². The van der Waals surface area contributed by atoms with E-state index in [9.17, 15) is 4.79 Å². The molecule has 1 amide bonds. The molecular formula is C19H38N2O2. The highest BCUT2D eigenvalue weighted by Crippen LogP contribution is 2.36. The average Bonchev–Trinajstić information content (AvgIpc) is 2.59. The second-order valence-corrected chi connectivity index (χ2v) is 9.22. The second-order valence-electron chi connectivity index (χ2n) is 9.22. The van der Waals surface area contributed by atoms with Crippen molar-refractivity contribution in [1.82, 2.24) is 10.6 Å². The van der Waals surface area contributed by atoms with Gasteiger partial charge in [-0.15, -0.1) is 0 Å². The molecule has 0 aromatic carbocycles. The first-order valence-corrected chi connectivity index (χ1v) is 9.20. The van der Waals surface area contributed by atoms with E-state index in [1.165, 1.54) is 32.1 Å². The predicted molar refractivity (Wildman–Crippen MR) is 96.7 cm³/mol. The lowest BCUT2D eigenvalue weighted by Gasteiger charge is -2.30. The molecule has 23 heavy (non-hydrogen) atoms. The lowest BCUT2D eigenvalue weighted by molar-refractivity contribution is 0.0522. The van der Waals surface area contributed by atoms with Gasteiger partial charge in [0.1, 0.15) is 5.60 Å². The van der Waals surface area contributed by atoms with Crippen molar-refractivity contribution in [2.24, 2.45) is 11.3 Å². The zero-order valence-electron chi connectivity index (χ0n) is 16.3. The van der Waals surface area contributed by atoms with Crippen LogP contribution in [0.3, 0.4) is 0 Å². The number of hydrogen-bond acceptors (Lipinski definition) is 3.